The average molecular weight is 397 g/mol. The number of piperidine rings is 2. The van der Waals surface area contributed by atoms with Crippen molar-refractivity contribution < 1.29 is 5.11 Å². The van der Waals surface area contributed by atoms with Crippen molar-refractivity contribution in [2.24, 2.45) is 17.3 Å². The molecule has 1 spiro atoms. The topological polar surface area (TPSA) is 26.7 Å². The van der Waals surface area contributed by atoms with Gasteiger partial charge in [-0.2, -0.15) is 0 Å². The van der Waals surface area contributed by atoms with E-state index in [0.29, 0.717) is 17.9 Å². The largest absolute Gasteiger partial charge is 0.391 e. The second kappa shape index (κ2) is 8.69. The maximum atomic E-state index is 11.4. The molecule has 0 saturated carbocycles. The molecule has 0 aromatic rings. The number of aliphatic hydroxyl groups is 1. The number of hydrogen-bond acceptors (Lipinski definition) is 3. The molecule has 7 atom stereocenters. The van der Waals surface area contributed by atoms with Crippen molar-refractivity contribution in [2.45, 2.75) is 76.4 Å². The lowest BCUT2D eigenvalue weighted by Gasteiger charge is -2.65. The Hall–Kier alpha value is -0.900. The molecule has 2 fully saturated rings. The summed E-state index contributed by atoms with van der Waals surface area (Å²) in [5, 5.41) is 11.4. The molecule has 6 bridgehead atoms. The van der Waals surface area contributed by atoms with Crippen LogP contribution in [0.2, 0.25) is 0 Å². The Labute approximate surface area is 177 Å². The summed E-state index contributed by atoms with van der Waals surface area (Å²) in [4.78, 5) is 5.50. The van der Waals surface area contributed by atoms with Gasteiger partial charge in [0.05, 0.1) is 6.10 Å². The summed E-state index contributed by atoms with van der Waals surface area (Å²) in [6.07, 6.45) is 24.6. The van der Waals surface area contributed by atoms with E-state index in [1.54, 1.807) is 5.57 Å². The first-order chi connectivity index (χ1) is 14.3. The Morgan fingerprint density at radius 3 is 2.55 bits per heavy atom. The molecule has 0 aromatic carbocycles. The number of fused-ring (bicyclic) bond motifs is 1. The lowest BCUT2D eigenvalue weighted by molar-refractivity contribution is -0.160. The smallest absolute Gasteiger partial charge is 0.0707 e. The van der Waals surface area contributed by atoms with Crippen LogP contribution in [0, 0.1) is 17.3 Å². The fraction of sp³-hybridized carbons (Fsp3) is 0.769. The monoisotopic (exact) mass is 396 g/mol. The molecule has 29 heavy (non-hydrogen) atoms. The van der Waals surface area contributed by atoms with Crippen LogP contribution in [0.1, 0.15) is 64.2 Å². The molecule has 1 aliphatic carbocycles. The Morgan fingerprint density at radius 1 is 0.862 bits per heavy atom. The number of aliphatic hydroxyl groups excluding tert-OH is 1. The van der Waals surface area contributed by atoms with Gasteiger partial charge in [-0.05, 0) is 83.2 Å². The highest BCUT2D eigenvalue weighted by Gasteiger charge is 2.61. The Kier molecular flexibility index (Phi) is 6.00. The molecular weight excluding hydrogens is 356 g/mol. The predicted molar refractivity (Wildman–Crippen MR) is 120 cm³/mol. The summed E-state index contributed by atoms with van der Waals surface area (Å²) in [7, 11) is 0. The van der Waals surface area contributed by atoms with Crippen LogP contribution in [0.5, 0.6) is 0 Å². The minimum absolute atomic E-state index is 0.153. The highest BCUT2D eigenvalue weighted by molar-refractivity contribution is 5.31. The van der Waals surface area contributed by atoms with Crippen LogP contribution in [0.15, 0.2) is 36.0 Å². The summed E-state index contributed by atoms with van der Waals surface area (Å²) in [5.41, 5.74) is 1.96. The zero-order valence-electron chi connectivity index (χ0n) is 18.1. The summed E-state index contributed by atoms with van der Waals surface area (Å²) < 4.78 is 0. The Balaban J connectivity index is 1.56. The fourth-order valence-electron chi connectivity index (χ4n) is 7.58. The third-order valence-corrected chi connectivity index (χ3v) is 8.49. The third kappa shape index (κ3) is 3.79. The summed E-state index contributed by atoms with van der Waals surface area (Å²) in [5.74, 6) is 1.02. The molecule has 5 heterocycles. The van der Waals surface area contributed by atoms with E-state index >= 15 is 0 Å². The van der Waals surface area contributed by atoms with E-state index in [9.17, 15) is 5.11 Å². The van der Waals surface area contributed by atoms with Crippen LogP contribution >= 0.6 is 0 Å². The van der Waals surface area contributed by atoms with Gasteiger partial charge in [0, 0.05) is 37.0 Å². The van der Waals surface area contributed by atoms with Crippen molar-refractivity contribution in [1.29, 1.82) is 0 Å². The number of nitrogens with zero attached hydrogens (tertiary/aromatic N) is 2. The van der Waals surface area contributed by atoms with Gasteiger partial charge in [0.1, 0.15) is 0 Å². The number of rotatable bonds is 0. The van der Waals surface area contributed by atoms with Gasteiger partial charge in [-0.25, -0.2) is 0 Å². The van der Waals surface area contributed by atoms with Crippen LogP contribution in [0.4, 0.5) is 0 Å². The molecule has 0 aromatic heterocycles. The first kappa shape index (κ1) is 20.0. The fourth-order valence-corrected chi connectivity index (χ4v) is 7.58. The highest BCUT2D eigenvalue weighted by Crippen LogP contribution is 2.57. The van der Waals surface area contributed by atoms with Gasteiger partial charge < -0.3 is 10.0 Å². The maximum absolute atomic E-state index is 11.4. The van der Waals surface area contributed by atoms with Gasteiger partial charge in [0.2, 0.25) is 0 Å². The van der Waals surface area contributed by atoms with Gasteiger partial charge in [0.25, 0.3) is 0 Å². The normalized spacial score (nSPS) is 47.7. The SMILES string of the molecule is O[C@@H]1CN2CCCC/C=C\CCC3=CC4CN5CCC/C=C\CCCC(C2)(C41)C35. The zero-order chi connectivity index (χ0) is 19.7. The third-order valence-electron chi connectivity index (χ3n) is 8.49. The van der Waals surface area contributed by atoms with Crippen LogP contribution in [0.3, 0.4) is 0 Å². The molecule has 1 N–H and O–H groups in total. The lowest BCUT2D eigenvalue weighted by Crippen LogP contribution is -2.72. The first-order valence-corrected chi connectivity index (χ1v) is 12.4. The highest BCUT2D eigenvalue weighted by atomic mass is 16.3. The van der Waals surface area contributed by atoms with E-state index in [4.69, 9.17) is 0 Å². The molecular formula is C26H40N2O. The van der Waals surface area contributed by atoms with E-state index in [1.165, 1.54) is 83.8 Å². The standard InChI is InChI=1S/C26H40N2O/c29-23-19-27-15-11-7-3-1-5-9-13-21-17-22-18-28-16-12-8-4-2-6-10-14-26(20-27,24(22)23)25(21)28/h1-2,4-5,17,22-25,29H,3,6-16,18-20H2/b4-2-,5-1-/t22?,23-,24?,25?,26?/m1/s1. The summed E-state index contributed by atoms with van der Waals surface area (Å²) in [6.45, 7) is 5.67. The zero-order valence-corrected chi connectivity index (χ0v) is 18.1. The summed E-state index contributed by atoms with van der Waals surface area (Å²) in [6, 6.07) is 0.558. The van der Waals surface area contributed by atoms with Crippen molar-refractivity contribution in [2.75, 3.05) is 32.7 Å². The molecule has 6 aliphatic rings. The Morgan fingerprint density at radius 2 is 1.66 bits per heavy atom. The van der Waals surface area contributed by atoms with Crippen LogP contribution in [-0.4, -0.2) is 59.8 Å². The van der Waals surface area contributed by atoms with E-state index in [2.05, 4.69) is 40.2 Å². The molecule has 3 nitrogen and oxygen atoms in total. The second-order valence-electron chi connectivity index (χ2n) is 10.4. The molecule has 5 aliphatic heterocycles. The van der Waals surface area contributed by atoms with Gasteiger partial charge in [-0.3, -0.25) is 4.90 Å². The van der Waals surface area contributed by atoms with E-state index in [1.807, 2.05) is 0 Å². The molecule has 0 amide bonds. The molecule has 0 radical (unpaired) electrons. The molecule has 2 saturated heterocycles. The average Bonchev–Trinajstić information content (AvgIpc) is 2.73. The molecule has 3 heteroatoms. The van der Waals surface area contributed by atoms with E-state index < -0.39 is 0 Å². The van der Waals surface area contributed by atoms with Gasteiger partial charge in [0.15, 0.2) is 0 Å². The second-order valence-corrected chi connectivity index (χ2v) is 10.4. The van der Waals surface area contributed by atoms with Crippen LogP contribution in [0.25, 0.3) is 0 Å². The van der Waals surface area contributed by atoms with Crippen LogP contribution < -0.4 is 0 Å². The maximum Gasteiger partial charge on any atom is 0.0707 e. The summed E-state index contributed by atoms with van der Waals surface area (Å²) >= 11 is 0. The number of hydrogen-bond donors (Lipinski definition) is 1. The minimum atomic E-state index is -0.153. The van der Waals surface area contributed by atoms with E-state index in [-0.39, 0.29) is 11.5 Å². The van der Waals surface area contributed by atoms with Crippen molar-refractivity contribution in [3.05, 3.63) is 36.0 Å². The molecule has 6 rings (SSSR count). The van der Waals surface area contributed by atoms with E-state index in [0.717, 1.165) is 13.1 Å². The van der Waals surface area contributed by atoms with Crippen molar-refractivity contribution in [3.63, 3.8) is 0 Å². The molecule has 6 unspecified atom stereocenters. The van der Waals surface area contributed by atoms with Gasteiger partial charge in [-0.1, -0.05) is 36.0 Å². The van der Waals surface area contributed by atoms with Gasteiger partial charge >= 0.3 is 0 Å². The number of allylic oxidation sites excluding steroid dienone is 4. The minimum Gasteiger partial charge on any atom is -0.391 e. The molecule has 160 valence electrons. The van der Waals surface area contributed by atoms with Crippen molar-refractivity contribution in [3.8, 4) is 0 Å². The Bertz CT molecular complexity index is 668. The quantitative estimate of drug-likeness (QED) is 0.609. The van der Waals surface area contributed by atoms with Crippen molar-refractivity contribution in [1.82, 2.24) is 9.80 Å². The van der Waals surface area contributed by atoms with Crippen LogP contribution in [-0.2, 0) is 0 Å². The first-order valence-electron chi connectivity index (χ1n) is 12.4. The predicted octanol–water partition coefficient (Wildman–Crippen LogP) is 4.55. The van der Waals surface area contributed by atoms with Crippen molar-refractivity contribution >= 4 is 0 Å². The van der Waals surface area contributed by atoms with Gasteiger partial charge in [-0.15, -0.1) is 0 Å². The lowest BCUT2D eigenvalue weighted by atomic mass is 9.51.